The molecule has 1 fully saturated rings. The van der Waals surface area contributed by atoms with E-state index < -0.39 is 11.6 Å². The molecule has 2 heterocycles. The zero-order valence-electron chi connectivity index (χ0n) is 14.0. The van der Waals surface area contributed by atoms with Crippen LogP contribution in [0.4, 0.5) is 14.5 Å². The SMILES string of the molecule is Fc1ccc(CN=C2Nc3ccccc3CC23CCNCC3)c(F)c1. The largest absolute Gasteiger partial charge is 0.343 e. The zero-order valence-corrected chi connectivity index (χ0v) is 14.0. The average Bonchev–Trinajstić information content (AvgIpc) is 2.62. The third-order valence-electron chi connectivity index (χ3n) is 5.28. The highest BCUT2D eigenvalue weighted by molar-refractivity contribution is 6.02. The molecule has 2 aromatic carbocycles. The lowest BCUT2D eigenvalue weighted by atomic mass is 9.71. The molecule has 2 N–H and O–H groups in total. The van der Waals surface area contributed by atoms with Crippen molar-refractivity contribution in [2.45, 2.75) is 25.8 Å². The third kappa shape index (κ3) is 3.16. The van der Waals surface area contributed by atoms with Gasteiger partial charge in [0.05, 0.1) is 6.54 Å². The van der Waals surface area contributed by atoms with Gasteiger partial charge in [0.2, 0.25) is 0 Å². The fraction of sp³-hybridized carbons (Fsp3) is 0.350. The molecule has 0 unspecified atom stereocenters. The van der Waals surface area contributed by atoms with Crippen LogP contribution >= 0.6 is 0 Å². The van der Waals surface area contributed by atoms with E-state index in [1.807, 2.05) is 6.07 Å². The second-order valence-corrected chi connectivity index (χ2v) is 6.89. The van der Waals surface area contributed by atoms with E-state index in [1.54, 1.807) is 0 Å². The number of amidine groups is 1. The summed E-state index contributed by atoms with van der Waals surface area (Å²) in [4.78, 5) is 4.74. The Hall–Kier alpha value is -2.27. The lowest BCUT2D eigenvalue weighted by molar-refractivity contribution is 0.293. The molecule has 1 spiro atoms. The summed E-state index contributed by atoms with van der Waals surface area (Å²) in [6, 6.07) is 11.9. The first kappa shape index (κ1) is 16.2. The second kappa shape index (κ2) is 6.56. The summed E-state index contributed by atoms with van der Waals surface area (Å²) in [5, 5.41) is 6.89. The molecule has 5 heteroatoms. The molecule has 0 aliphatic carbocycles. The normalized spacial score (nSPS) is 20.3. The quantitative estimate of drug-likeness (QED) is 0.869. The van der Waals surface area contributed by atoms with Crippen molar-refractivity contribution in [3.05, 3.63) is 65.2 Å². The maximum atomic E-state index is 13.9. The lowest BCUT2D eigenvalue weighted by Crippen LogP contribution is -2.48. The predicted octanol–water partition coefficient (Wildman–Crippen LogP) is 3.90. The summed E-state index contributed by atoms with van der Waals surface area (Å²) in [6.45, 7) is 2.12. The number of rotatable bonds is 2. The molecule has 4 rings (SSSR count). The fourth-order valence-corrected chi connectivity index (χ4v) is 3.85. The van der Waals surface area contributed by atoms with Crippen molar-refractivity contribution in [1.82, 2.24) is 5.32 Å². The van der Waals surface area contributed by atoms with Crippen molar-refractivity contribution in [2.24, 2.45) is 10.4 Å². The Morgan fingerprint density at radius 2 is 1.84 bits per heavy atom. The number of halogens is 2. The zero-order chi connectivity index (χ0) is 17.3. The van der Waals surface area contributed by atoms with E-state index in [0.29, 0.717) is 5.56 Å². The van der Waals surface area contributed by atoms with Crippen LogP contribution in [0, 0.1) is 17.0 Å². The lowest BCUT2D eigenvalue weighted by Gasteiger charge is -2.42. The molecular formula is C20H21F2N3. The van der Waals surface area contributed by atoms with Gasteiger partial charge in [-0.3, -0.25) is 4.99 Å². The minimum Gasteiger partial charge on any atom is -0.343 e. The van der Waals surface area contributed by atoms with Gasteiger partial charge in [0.1, 0.15) is 17.5 Å². The topological polar surface area (TPSA) is 36.4 Å². The van der Waals surface area contributed by atoms with Gasteiger partial charge < -0.3 is 10.6 Å². The van der Waals surface area contributed by atoms with E-state index in [2.05, 4.69) is 28.8 Å². The van der Waals surface area contributed by atoms with Crippen LogP contribution in [-0.2, 0) is 13.0 Å². The van der Waals surface area contributed by atoms with Crippen molar-refractivity contribution >= 4 is 11.5 Å². The Bertz CT molecular complexity index is 810. The number of piperidine rings is 1. The van der Waals surface area contributed by atoms with E-state index in [9.17, 15) is 8.78 Å². The van der Waals surface area contributed by atoms with Crippen molar-refractivity contribution in [3.63, 3.8) is 0 Å². The van der Waals surface area contributed by atoms with E-state index in [0.717, 1.165) is 49.9 Å². The Labute approximate surface area is 146 Å². The van der Waals surface area contributed by atoms with Gasteiger partial charge >= 0.3 is 0 Å². The van der Waals surface area contributed by atoms with Crippen molar-refractivity contribution < 1.29 is 8.78 Å². The van der Waals surface area contributed by atoms with Crippen molar-refractivity contribution in [2.75, 3.05) is 18.4 Å². The summed E-state index contributed by atoms with van der Waals surface area (Å²) < 4.78 is 27.0. The highest BCUT2D eigenvalue weighted by Crippen LogP contribution is 2.40. The fourth-order valence-electron chi connectivity index (χ4n) is 3.85. The molecule has 0 radical (unpaired) electrons. The first-order chi connectivity index (χ1) is 12.2. The number of fused-ring (bicyclic) bond motifs is 1. The number of para-hydroxylation sites is 1. The van der Waals surface area contributed by atoms with E-state index in [-0.39, 0.29) is 12.0 Å². The first-order valence-electron chi connectivity index (χ1n) is 8.71. The van der Waals surface area contributed by atoms with Gasteiger partial charge in [-0.15, -0.1) is 0 Å². The van der Waals surface area contributed by atoms with E-state index >= 15 is 0 Å². The highest BCUT2D eigenvalue weighted by atomic mass is 19.1. The molecule has 0 amide bonds. The maximum absolute atomic E-state index is 13.9. The molecule has 25 heavy (non-hydrogen) atoms. The molecule has 0 bridgehead atoms. The summed E-state index contributed by atoms with van der Waals surface area (Å²) in [7, 11) is 0. The predicted molar refractivity (Wildman–Crippen MR) is 95.8 cm³/mol. The van der Waals surface area contributed by atoms with Crippen LogP contribution < -0.4 is 10.6 Å². The first-order valence-corrected chi connectivity index (χ1v) is 8.71. The molecule has 0 aromatic heterocycles. The number of hydrogen-bond acceptors (Lipinski definition) is 2. The third-order valence-corrected chi connectivity index (χ3v) is 5.28. The van der Waals surface area contributed by atoms with Crippen LogP contribution in [0.2, 0.25) is 0 Å². The molecule has 1 saturated heterocycles. The Balaban J connectivity index is 1.67. The average molecular weight is 341 g/mol. The molecule has 130 valence electrons. The molecular weight excluding hydrogens is 320 g/mol. The van der Waals surface area contributed by atoms with Gasteiger partial charge in [0, 0.05) is 22.7 Å². The maximum Gasteiger partial charge on any atom is 0.131 e. The van der Waals surface area contributed by atoms with Crippen LogP contribution in [0.5, 0.6) is 0 Å². The molecule has 2 aromatic rings. The van der Waals surface area contributed by atoms with Crippen LogP contribution in [0.1, 0.15) is 24.0 Å². The number of benzene rings is 2. The summed E-state index contributed by atoms with van der Waals surface area (Å²) in [5.41, 5.74) is 2.76. The summed E-state index contributed by atoms with van der Waals surface area (Å²) >= 11 is 0. The molecule has 3 nitrogen and oxygen atoms in total. The van der Waals surface area contributed by atoms with Crippen molar-refractivity contribution in [1.29, 1.82) is 0 Å². The minimum absolute atomic E-state index is 0.0316. The second-order valence-electron chi connectivity index (χ2n) is 6.89. The monoisotopic (exact) mass is 341 g/mol. The van der Waals surface area contributed by atoms with Gasteiger partial charge in [0.15, 0.2) is 0 Å². The highest BCUT2D eigenvalue weighted by Gasteiger charge is 2.40. The van der Waals surface area contributed by atoms with Crippen LogP contribution in [-0.4, -0.2) is 18.9 Å². The molecule has 0 atom stereocenters. The van der Waals surface area contributed by atoms with E-state index in [4.69, 9.17) is 4.99 Å². The van der Waals surface area contributed by atoms with Crippen LogP contribution in [0.15, 0.2) is 47.5 Å². The summed E-state index contributed by atoms with van der Waals surface area (Å²) in [6.07, 6.45) is 2.95. The van der Waals surface area contributed by atoms with Gasteiger partial charge in [-0.2, -0.15) is 0 Å². The number of nitrogens with one attached hydrogen (secondary N) is 2. The minimum atomic E-state index is -0.562. The number of aliphatic imine (C=N–C) groups is 1. The number of anilines is 1. The van der Waals surface area contributed by atoms with Crippen LogP contribution in [0.3, 0.4) is 0 Å². The standard InChI is InChI=1S/C20H21F2N3/c21-16-6-5-15(17(22)11-16)13-24-19-20(7-9-23-10-8-20)12-14-3-1-2-4-18(14)25-19/h1-6,11,23H,7-10,12-13H2,(H,24,25). The summed E-state index contributed by atoms with van der Waals surface area (Å²) in [5.74, 6) is -0.176. The number of hydrogen-bond donors (Lipinski definition) is 2. The van der Waals surface area contributed by atoms with Gasteiger partial charge in [-0.05, 0) is 50.0 Å². The van der Waals surface area contributed by atoms with Crippen molar-refractivity contribution in [3.8, 4) is 0 Å². The van der Waals surface area contributed by atoms with Crippen LogP contribution in [0.25, 0.3) is 0 Å². The Kier molecular flexibility index (Phi) is 4.25. The smallest absolute Gasteiger partial charge is 0.131 e. The van der Waals surface area contributed by atoms with E-state index in [1.165, 1.54) is 17.7 Å². The molecule has 2 aliphatic rings. The number of nitrogens with zero attached hydrogens (tertiary/aromatic N) is 1. The Morgan fingerprint density at radius 3 is 2.64 bits per heavy atom. The molecule has 2 aliphatic heterocycles. The van der Waals surface area contributed by atoms with Gasteiger partial charge in [-0.25, -0.2) is 8.78 Å². The molecule has 0 saturated carbocycles. The Morgan fingerprint density at radius 1 is 1.04 bits per heavy atom. The van der Waals surface area contributed by atoms with Gasteiger partial charge in [0.25, 0.3) is 0 Å². The van der Waals surface area contributed by atoms with Gasteiger partial charge in [-0.1, -0.05) is 24.3 Å².